The lowest BCUT2D eigenvalue weighted by molar-refractivity contribution is -0.388. The van der Waals surface area contributed by atoms with Gasteiger partial charge in [0.1, 0.15) is 10.7 Å². The summed E-state index contributed by atoms with van der Waals surface area (Å²) >= 11 is 8.21. The van der Waals surface area contributed by atoms with Crippen molar-refractivity contribution in [3.8, 4) is 0 Å². The first-order chi connectivity index (χ1) is 8.21. The lowest BCUT2D eigenvalue weighted by Gasteiger charge is -2.10. The lowest BCUT2D eigenvalue weighted by atomic mass is 10.3. The average Bonchev–Trinajstić information content (AvgIpc) is 2.30. The van der Waals surface area contributed by atoms with E-state index >= 15 is 0 Å². The monoisotopic (exact) mass is 359 g/mol. The van der Waals surface area contributed by atoms with E-state index in [1.54, 1.807) is 0 Å². The minimum Gasteiger partial charge on any atom is -0.258 e. The summed E-state index contributed by atoms with van der Waals surface area (Å²) in [6.45, 7) is 1.30. The molecule has 0 radical (unpaired) electrons. The summed E-state index contributed by atoms with van der Waals surface area (Å²) in [6.07, 6.45) is 0. The van der Waals surface area contributed by atoms with Gasteiger partial charge in [-0.15, -0.1) is 11.6 Å². The maximum Gasteiger partial charge on any atom is 0.289 e. The lowest BCUT2D eigenvalue weighted by Crippen LogP contribution is -2.20. The van der Waals surface area contributed by atoms with E-state index in [2.05, 4.69) is 15.9 Å². The van der Waals surface area contributed by atoms with Crippen molar-refractivity contribution in [2.45, 2.75) is 17.1 Å². The number of nitrogens with zero attached hydrogens (tertiary/aromatic N) is 1. The van der Waals surface area contributed by atoms with Gasteiger partial charge < -0.3 is 0 Å². The third-order valence-electron chi connectivity index (χ3n) is 2.25. The number of nitro benzene ring substituents is 1. The Morgan fingerprint density at radius 3 is 2.56 bits per heavy atom. The molecule has 100 valence electrons. The second kappa shape index (κ2) is 5.50. The van der Waals surface area contributed by atoms with Crippen molar-refractivity contribution in [1.29, 1.82) is 0 Å². The summed E-state index contributed by atoms with van der Waals surface area (Å²) in [5.41, 5.74) is -0.680. The standard InChI is InChI=1S/C9H8BrClFNO4S/c1-5(4-11)18(16,17)9-3-7(12)6(10)2-8(9)13(14)15/h2-3,5H,4H2,1H3. The number of hydrogen-bond acceptors (Lipinski definition) is 4. The van der Waals surface area contributed by atoms with Gasteiger partial charge in [-0.3, -0.25) is 10.1 Å². The molecule has 0 fully saturated rings. The van der Waals surface area contributed by atoms with Crippen molar-refractivity contribution < 1.29 is 17.7 Å². The smallest absolute Gasteiger partial charge is 0.258 e. The van der Waals surface area contributed by atoms with Crippen LogP contribution in [0.5, 0.6) is 0 Å². The number of halogens is 3. The molecule has 0 bridgehead atoms. The van der Waals surface area contributed by atoms with Gasteiger partial charge in [0.15, 0.2) is 9.84 Å². The predicted molar refractivity (Wildman–Crippen MR) is 68.1 cm³/mol. The van der Waals surface area contributed by atoms with Crippen molar-refractivity contribution in [1.82, 2.24) is 0 Å². The van der Waals surface area contributed by atoms with E-state index in [0.717, 1.165) is 6.07 Å². The van der Waals surface area contributed by atoms with Crippen LogP contribution in [0.15, 0.2) is 21.5 Å². The zero-order valence-corrected chi connectivity index (χ0v) is 12.2. The van der Waals surface area contributed by atoms with Crippen LogP contribution in [0.4, 0.5) is 10.1 Å². The van der Waals surface area contributed by atoms with E-state index in [0.29, 0.717) is 6.07 Å². The van der Waals surface area contributed by atoms with Crippen LogP contribution >= 0.6 is 27.5 Å². The fourth-order valence-electron chi connectivity index (χ4n) is 1.19. The Bertz CT molecular complexity index is 592. The fraction of sp³-hybridized carbons (Fsp3) is 0.333. The van der Waals surface area contributed by atoms with E-state index in [-0.39, 0.29) is 10.4 Å². The molecule has 0 saturated heterocycles. The highest BCUT2D eigenvalue weighted by Crippen LogP contribution is 2.32. The van der Waals surface area contributed by atoms with Crippen LogP contribution in [0.2, 0.25) is 0 Å². The van der Waals surface area contributed by atoms with Gasteiger partial charge in [-0.25, -0.2) is 12.8 Å². The minimum atomic E-state index is -4.04. The molecule has 1 aromatic carbocycles. The second-order valence-electron chi connectivity index (χ2n) is 3.50. The number of alkyl halides is 1. The van der Waals surface area contributed by atoms with Crippen LogP contribution in [-0.2, 0) is 9.84 Å². The van der Waals surface area contributed by atoms with Crippen LogP contribution in [0, 0.1) is 15.9 Å². The minimum absolute atomic E-state index is 0.174. The molecule has 0 aliphatic heterocycles. The first-order valence-electron chi connectivity index (χ1n) is 4.65. The zero-order chi connectivity index (χ0) is 14.1. The average molecular weight is 361 g/mol. The van der Waals surface area contributed by atoms with Crippen molar-refractivity contribution in [3.05, 3.63) is 32.5 Å². The topological polar surface area (TPSA) is 77.3 Å². The van der Waals surface area contributed by atoms with E-state index in [4.69, 9.17) is 11.6 Å². The van der Waals surface area contributed by atoms with Crippen LogP contribution in [-0.4, -0.2) is 24.5 Å². The van der Waals surface area contributed by atoms with E-state index in [1.165, 1.54) is 6.92 Å². The summed E-state index contributed by atoms with van der Waals surface area (Å²) in [6, 6.07) is 1.45. The molecule has 0 aromatic heterocycles. The van der Waals surface area contributed by atoms with Gasteiger partial charge in [-0.05, 0) is 22.9 Å². The highest BCUT2D eigenvalue weighted by Gasteiger charge is 2.31. The number of sulfone groups is 1. The Balaban J connectivity index is 3.59. The SMILES string of the molecule is CC(CCl)S(=O)(=O)c1cc(F)c(Br)cc1[N+](=O)[O-]. The van der Waals surface area contributed by atoms with E-state index in [1.807, 2.05) is 0 Å². The van der Waals surface area contributed by atoms with Gasteiger partial charge in [0.2, 0.25) is 0 Å². The Morgan fingerprint density at radius 2 is 2.11 bits per heavy atom. The Hall–Kier alpha value is -0.730. The van der Waals surface area contributed by atoms with Crippen molar-refractivity contribution >= 4 is 43.1 Å². The molecule has 0 aliphatic carbocycles. The molecule has 0 saturated carbocycles. The Kier molecular flexibility index (Phi) is 4.68. The number of hydrogen-bond donors (Lipinski definition) is 0. The molecular formula is C9H8BrClFNO4S. The molecule has 0 amide bonds. The molecule has 0 spiro atoms. The van der Waals surface area contributed by atoms with Crippen LogP contribution in [0.3, 0.4) is 0 Å². The number of benzene rings is 1. The quantitative estimate of drug-likeness (QED) is 0.470. The van der Waals surface area contributed by atoms with Crippen molar-refractivity contribution in [2.24, 2.45) is 0 Å². The molecule has 18 heavy (non-hydrogen) atoms. The Labute approximate surface area is 116 Å². The van der Waals surface area contributed by atoms with Gasteiger partial charge in [0.05, 0.1) is 14.6 Å². The first kappa shape index (κ1) is 15.3. The second-order valence-corrected chi connectivity index (χ2v) is 7.00. The molecule has 9 heteroatoms. The highest BCUT2D eigenvalue weighted by atomic mass is 79.9. The number of rotatable bonds is 4. The first-order valence-corrected chi connectivity index (χ1v) is 7.52. The fourth-order valence-corrected chi connectivity index (χ4v) is 3.31. The predicted octanol–water partition coefficient (Wildman–Crippen LogP) is 2.90. The molecule has 5 nitrogen and oxygen atoms in total. The number of nitro groups is 1. The molecular weight excluding hydrogens is 353 g/mol. The van der Waals surface area contributed by atoms with Gasteiger partial charge in [0.25, 0.3) is 5.69 Å². The van der Waals surface area contributed by atoms with Crippen LogP contribution in [0.1, 0.15) is 6.92 Å². The molecule has 1 rings (SSSR count). The van der Waals surface area contributed by atoms with Gasteiger partial charge in [-0.1, -0.05) is 0 Å². The molecule has 0 heterocycles. The molecule has 1 unspecified atom stereocenters. The molecule has 1 atom stereocenters. The van der Waals surface area contributed by atoms with Crippen molar-refractivity contribution in [3.63, 3.8) is 0 Å². The van der Waals surface area contributed by atoms with Gasteiger partial charge in [-0.2, -0.15) is 0 Å². The molecule has 0 aliphatic rings. The third-order valence-corrected chi connectivity index (χ3v) is 5.67. The van der Waals surface area contributed by atoms with Gasteiger partial charge >= 0.3 is 0 Å². The van der Waals surface area contributed by atoms with E-state index in [9.17, 15) is 22.9 Å². The van der Waals surface area contributed by atoms with Crippen molar-refractivity contribution in [2.75, 3.05) is 5.88 Å². The molecule has 0 N–H and O–H groups in total. The molecule has 1 aromatic rings. The maximum atomic E-state index is 13.4. The largest absolute Gasteiger partial charge is 0.289 e. The maximum absolute atomic E-state index is 13.4. The third kappa shape index (κ3) is 2.81. The summed E-state index contributed by atoms with van der Waals surface area (Å²) in [4.78, 5) is 9.27. The van der Waals surface area contributed by atoms with Crippen LogP contribution < -0.4 is 0 Å². The van der Waals surface area contributed by atoms with Crippen LogP contribution in [0.25, 0.3) is 0 Å². The summed E-state index contributed by atoms with van der Waals surface area (Å²) < 4.78 is 37.1. The summed E-state index contributed by atoms with van der Waals surface area (Å²) in [5, 5.41) is 9.76. The summed E-state index contributed by atoms with van der Waals surface area (Å²) in [7, 11) is -4.04. The summed E-state index contributed by atoms with van der Waals surface area (Å²) in [5.74, 6) is -1.13. The highest BCUT2D eigenvalue weighted by molar-refractivity contribution is 9.10. The Morgan fingerprint density at radius 1 is 1.56 bits per heavy atom. The van der Waals surface area contributed by atoms with E-state index < -0.39 is 36.4 Å². The zero-order valence-electron chi connectivity index (χ0n) is 9.06. The normalized spacial score (nSPS) is 13.3. The van der Waals surface area contributed by atoms with Gasteiger partial charge in [0, 0.05) is 18.0 Å².